The van der Waals surface area contributed by atoms with Crippen LogP contribution in [0.3, 0.4) is 0 Å². The van der Waals surface area contributed by atoms with E-state index in [2.05, 4.69) is 4.74 Å². The van der Waals surface area contributed by atoms with Gasteiger partial charge in [-0.2, -0.15) is 5.26 Å². The normalized spacial score (nSPS) is 16.5. The molecule has 0 aliphatic carbocycles. The van der Waals surface area contributed by atoms with Gasteiger partial charge in [0.2, 0.25) is 5.88 Å². The Kier molecular flexibility index (Phi) is 4.12. The molecule has 0 saturated carbocycles. The second-order valence-electron chi connectivity index (χ2n) is 5.46. The van der Waals surface area contributed by atoms with Crippen LogP contribution in [0.25, 0.3) is 0 Å². The first-order valence-corrected chi connectivity index (χ1v) is 7.27. The lowest BCUT2D eigenvalue weighted by atomic mass is 9.84. The Morgan fingerprint density at radius 2 is 1.92 bits per heavy atom. The number of fused-ring (bicyclic) bond motifs is 1. The number of benzene rings is 1. The maximum atomic E-state index is 12.3. The highest BCUT2D eigenvalue weighted by atomic mass is 19.4. The number of allylic oxidation sites excluding steroid dienone is 1. The van der Waals surface area contributed by atoms with Crippen molar-refractivity contribution in [2.45, 2.75) is 19.2 Å². The second-order valence-corrected chi connectivity index (χ2v) is 5.46. The fraction of sp³-hybridized carbons (Fsp3) is 0.176. The van der Waals surface area contributed by atoms with Gasteiger partial charge in [0, 0.05) is 6.07 Å². The first-order valence-electron chi connectivity index (χ1n) is 7.27. The average molecular weight is 364 g/mol. The van der Waals surface area contributed by atoms with Gasteiger partial charge in [0.05, 0.1) is 11.5 Å². The Morgan fingerprint density at radius 1 is 1.27 bits per heavy atom. The summed E-state index contributed by atoms with van der Waals surface area (Å²) in [5.74, 6) is -1.13. The number of nitriles is 1. The smallest absolute Gasteiger partial charge is 0.440 e. The van der Waals surface area contributed by atoms with E-state index in [1.54, 1.807) is 6.92 Å². The Bertz CT molecular complexity index is 985. The van der Waals surface area contributed by atoms with Gasteiger partial charge in [0.1, 0.15) is 28.9 Å². The number of nitrogens with zero attached hydrogens (tertiary/aromatic N) is 1. The molecule has 2 heterocycles. The molecule has 9 heteroatoms. The van der Waals surface area contributed by atoms with Crippen molar-refractivity contribution < 1.29 is 27.1 Å². The topological polar surface area (TPSA) is 98.5 Å². The molecule has 1 aromatic heterocycles. The molecule has 26 heavy (non-hydrogen) atoms. The van der Waals surface area contributed by atoms with E-state index in [-0.39, 0.29) is 28.5 Å². The average Bonchev–Trinajstić information content (AvgIpc) is 2.52. The van der Waals surface area contributed by atoms with Crippen LogP contribution < -0.4 is 20.8 Å². The van der Waals surface area contributed by atoms with Gasteiger partial charge in [-0.25, -0.2) is 4.79 Å². The van der Waals surface area contributed by atoms with Crippen LogP contribution in [0.15, 0.2) is 51.0 Å². The van der Waals surface area contributed by atoms with Crippen LogP contribution in [0, 0.1) is 18.3 Å². The molecule has 0 fully saturated rings. The molecule has 2 aromatic rings. The van der Waals surface area contributed by atoms with Crippen LogP contribution >= 0.6 is 0 Å². The van der Waals surface area contributed by atoms with E-state index < -0.39 is 23.7 Å². The van der Waals surface area contributed by atoms with Crippen LogP contribution in [0.4, 0.5) is 13.2 Å². The van der Waals surface area contributed by atoms with Crippen LogP contribution in [0.2, 0.25) is 0 Å². The molecule has 1 atom stereocenters. The molecule has 0 radical (unpaired) electrons. The van der Waals surface area contributed by atoms with Gasteiger partial charge >= 0.3 is 12.0 Å². The highest BCUT2D eigenvalue weighted by molar-refractivity contribution is 5.54. The lowest BCUT2D eigenvalue weighted by Gasteiger charge is -2.25. The van der Waals surface area contributed by atoms with Crippen molar-refractivity contribution in [2.75, 3.05) is 0 Å². The molecule has 3 rings (SSSR count). The van der Waals surface area contributed by atoms with E-state index in [0.29, 0.717) is 5.56 Å². The molecule has 6 nitrogen and oxygen atoms in total. The summed E-state index contributed by atoms with van der Waals surface area (Å²) in [7, 11) is 0. The maximum absolute atomic E-state index is 12.3. The zero-order valence-electron chi connectivity index (χ0n) is 13.3. The minimum absolute atomic E-state index is 0.0434. The Hall–Kier alpha value is -3.41. The van der Waals surface area contributed by atoms with Gasteiger partial charge in [0.25, 0.3) is 0 Å². The Morgan fingerprint density at radius 3 is 2.50 bits per heavy atom. The monoisotopic (exact) mass is 364 g/mol. The van der Waals surface area contributed by atoms with Crippen LogP contribution in [0.5, 0.6) is 11.5 Å². The molecular formula is C17H11F3N2O4. The van der Waals surface area contributed by atoms with Crippen LogP contribution in [-0.4, -0.2) is 6.36 Å². The van der Waals surface area contributed by atoms with E-state index in [9.17, 15) is 23.2 Å². The van der Waals surface area contributed by atoms with E-state index in [1.165, 1.54) is 18.2 Å². The van der Waals surface area contributed by atoms with E-state index in [4.69, 9.17) is 14.9 Å². The van der Waals surface area contributed by atoms with Gasteiger partial charge in [-0.1, -0.05) is 12.1 Å². The van der Waals surface area contributed by atoms with Crippen LogP contribution in [0.1, 0.15) is 22.8 Å². The van der Waals surface area contributed by atoms with Gasteiger partial charge in [-0.3, -0.25) is 0 Å². The summed E-state index contributed by atoms with van der Waals surface area (Å²) in [6.45, 7) is 1.54. The molecular weight excluding hydrogens is 353 g/mol. The van der Waals surface area contributed by atoms with Crippen molar-refractivity contribution in [3.8, 4) is 17.6 Å². The molecule has 1 aromatic carbocycles. The predicted octanol–water partition coefficient (Wildman–Crippen LogP) is 3.07. The second kappa shape index (κ2) is 6.15. The van der Waals surface area contributed by atoms with Crippen LogP contribution in [-0.2, 0) is 0 Å². The van der Waals surface area contributed by atoms with E-state index >= 15 is 0 Å². The van der Waals surface area contributed by atoms with Crippen molar-refractivity contribution in [2.24, 2.45) is 5.73 Å². The first-order chi connectivity index (χ1) is 12.2. The quantitative estimate of drug-likeness (QED) is 0.879. The van der Waals surface area contributed by atoms with Gasteiger partial charge in [-0.05, 0) is 24.6 Å². The third-order valence-electron chi connectivity index (χ3n) is 3.70. The first kappa shape index (κ1) is 17.4. The summed E-state index contributed by atoms with van der Waals surface area (Å²) in [5.41, 5.74) is 5.42. The van der Waals surface area contributed by atoms with Gasteiger partial charge in [0.15, 0.2) is 0 Å². The van der Waals surface area contributed by atoms with Gasteiger partial charge < -0.3 is 19.6 Å². The minimum atomic E-state index is -4.83. The molecule has 2 N–H and O–H groups in total. The van der Waals surface area contributed by atoms with Crippen molar-refractivity contribution in [1.29, 1.82) is 5.26 Å². The van der Waals surface area contributed by atoms with Gasteiger partial charge in [-0.15, -0.1) is 13.2 Å². The Balaban J connectivity index is 2.11. The summed E-state index contributed by atoms with van der Waals surface area (Å²) < 4.78 is 51.1. The zero-order valence-corrected chi connectivity index (χ0v) is 13.3. The fourth-order valence-electron chi connectivity index (χ4n) is 2.71. The standard InChI is InChI=1S/C17H11F3N2O4/c1-8-6-12-14(16(23)24-8)13(11(7-21)15(22)25-12)9-2-4-10(5-3-9)26-17(18,19)20/h2-6,13H,22H2,1H3/t13-/m0/s1. The summed E-state index contributed by atoms with van der Waals surface area (Å²) >= 11 is 0. The Labute approximate surface area is 144 Å². The zero-order chi connectivity index (χ0) is 19.1. The van der Waals surface area contributed by atoms with Crippen molar-refractivity contribution in [1.82, 2.24) is 0 Å². The lowest BCUT2D eigenvalue weighted by Crippen LogP contribution is -2.26. The number of aryl methyl sites for hydroxylation is 1. The summed E-state index contributed by atoms with van der Waals surface area (Å²) in [6, 6.07) is 8.11. The summed E-state index contributed by atoms with van der Waals surface area (Å²) in [5, 5.41) is 9.40. The van der Waals surface area contributed by atoms with Crippen molar-refractivity contribution in [3.05, 3.63) is 69.1 Å². The van der Waals surface area contributed by atoms with E-state index in [1.807, 2.05) is 6.07 Å². The number of rotatable bonds is 2. The highest BCUT2D eigenvalue weighted by Crippen LogP contribution is 2.40. The molecule has 0 saturated heterocycles. The molecule has 1 aliphatic heterocycles. The summed E-state index contributed by atoms with van der Waals surface area (Å²) in [6.07, 6.45) is -4.83. The van der Waals surface area contributed by atoms with Crippen molar-refractivity contribution in [3.63, 3.8) is 0 Å². The van der Waals surface area contributed by atoms with E-state index in [0.717, 1.165) is 12.1 Å². The third-order valence-corrected chi connectivity index (χ3v) is 3.70. The largest absolute Gasteiger partial charge is 0.573 e. The number of hydrogen-bond donors (Lipinski definition) is 1. The number of hydrogen-bond acceptors (Lipinski definition) is 6. The molecule has 134 valence electrons. The summed E-state index contributed by atoms with van der Waals surface area (Å²) in [4.78, 5) is 12.3. The molecule has 0 unspecified atom stereocenters. The highest BCUT2D eigenvalue weighted by Gasteiger charge is 2.35. The van der Waals surface area contributed by atoms with Crippen molar-refractivity contribution >= 4 is 0 Å². The number of nitrogens with two attached hydrogens (primary N) is 1. The third kappa shape index (κ3) is 3.21. The molecule has 0 bridgehead atoms. The number of halogens is 3. The number of alkyl halides is 3. The molecule has 0 amide bonds. The fourth-order valence-corrected chi connectivity index (χ4v) is 2.71. The lowest BCUT2D eigenvalue weighted by molar-refractivity contribution is -0.274. The predicted molar refractivity (Wildman–Crippen MR) is 82.1 cm³/mol. The SMILES string of the molecule is Cc1cc2c(c(=O)o1)[C@@H](c1ccc(OC(F)(F)F)cc1)C(C#N)=C(N)O2. The maximum Gasteiger partial charge on any atom is 0.573 e. The molecule has 1 aliphatic rings. The number of ether oxygens (including phenoxy) is 2. The molecule has 0 spiro atoms. The minimum Gasteiger partial charge on any atom is -0.440 e.